The maximum absolute atomic E-state index is 11.4. The van der Waals surface area contributed by atoms with Gasteiger partial charge >= 0.3 is 0 Å². The van der Waals surface area contributed by atoms with Gasteiger partial charge in [0.05, 0.1) is 19.3 Å². The zero-order valence-electron chi connectivity index (χ0n) is 10.7. The molecule has 0 saturated carbocycles. The molecule has 1 atom stereocenters. The summed E-state index contributed by atoms with van der Waals surface area (Å²) in [5, 5.41) is 0. The molecular weight excluding hydrogens is 246 g/mol. The molecule has 0 aliphatic carbocycles. The summed E-state index contributed by atoms with van der Waals surface area (Å²) in [5.41, 5.74) is 11.4. The van der Waals surface area contributed by atoms with Gasteiger partial charge < -0.3 is 21.1 Å². The zero-order valence-corrected chi connectivity index (χ0v) is 10.7. The first-order valence-corrected chi connectivity index (χ1v) is 6.46. The first-order chi connectivity index (χ1) is 9.09. The maximum atomic E-state index is 11.4. The van der Waals surface area contributed by atoms with Gasteiger partial charge in [0.1, 0.15) is 5.82 Å². The van der Waals surface area contributed by atoms with E-state index in [1.807, 2.05) is 4.90 Å². The van der Waals surface area contributed by atoms with Crippen LogP contribution in [-0.4, -0.2) is 42.3 Å². The van der Waals surface area contributed by atoms with Gasteiger partial charge in [-0.05, 0) is 12.8 Å². The molecule has 1 unspecified atom stereocenters. The topological polar surface area (TPSA) is 110 Å². The number of aromatic amines is 1. The smallest absolute Gasteiger partial charge is 0.262 e. The lowest BCUT2D eigenvalue weighted by Crippen LogP contribution is -2.49. The molecule has 5 N–H and O–H groups in total. The number of hydrogen-bond donors (Lipinski definition) is 3. The second-order valence-electron chi connectivity index (χ2n) is 5.37. The van der Waals surface area contributed by atoms with E-state index in [2.05, 4.69) is 16.0 Å². The van der Waals surface area contributed by atoms with Crippen LogP contribution in [0.15, 0.2) is 4.79 Å². The Morgan fingerprint density at radius 2 is 2.21 bits per heavy atom. The lowest BCUT2D eigenvalue weighted by Gasteiger charge is -2.40. The van der Waals surface area contributed by atoms with E-state index in [0.717, 1.165) is 32.5 Å². The first kappa shape index (κ1) is 12.4. The van der Waals surface area contributed by atoms with Crippen LogP contribution >= 0.6 is 0 Å². The fourth-order valence-corrected chi connectivity index (χ4v) is 2.92. The van der Waals surface area contributed by atoms with Gasteiger partial charge in [-0.25, -0.2) is 0 Å². The minimum absolute atomic E-state index is 0.0866. The summed E-state index contributed by atoms with van der Waals surface area (Å²) in [5.74, 6) is 0.642. The second-order valence-corrected chi connectivity index (χ2v) is 5.37. The predicted octanol–water partition coefficient (Wildman–Crippen LogP) is -0.904. The van der Waals surface area contributed by atoms with Crippen LogP contribution in [0.3, 0.4) is 0 Å². The van der Waals surface area contributed by atoms with E-state index in [4.69, 9.17) is 16.2 Å². The van der Waals surface area contributed by atoms with E-state index in [9.17, 15) is 4.79 Å². The summed E-state index contributed by atoms with van der Waals surface area (Å²) in [6.07, 6.45) is 1.88. The molecule has 1 aromatic rings. The fourth-order valence-electron chi connectivity index (χ4n) is 2.92. The van der Waals surface area contributed by atoms with Gasteiger partial charge in [-0.3, -0.25) is 9.78 Å². The van der Waals surface area contributed by atoms with Crippen molar-refractivity contribution in [1.29, 1.82) is 0 Å². The number of rotatable bonds is 1. The maximum Gasteiger partial charge on any atom is 0.262 e. The number of nitrogens with two attached hydrogens (primary N) is 2. The Hall–Kier alpha value is -1.60. The van der Waals surface area contributed by atoms with Crippen molar-refractivity contribution in [3.63, 3.8) is 0 Å². The number of anilines is 2. The Labute approximate surface area is 110 Å². The monoisotopic (exact) mass is 264 g/mol. The number of piperidine rings is 1. The highest BCUT2D eigenvalue weighted by atomic mass is 16.5. The van der Waals surface area contributed by atoms with Gasteiger partial charge in [0.15, 0.2) is 0 Å². The largest absolute Gasteiger partial charge is 0.383 e. The predicted molar refractivity (Wildman–Crippen MR) is 70.8 cm³/mol. The standard InChI is InChI=1S/C12H18N5O2/c13-8-6-19-7-12(8)1-3-17(4-2-12)11-15-9(14)5-10(18)16-11/h8H,1-4,6-7,13H2,(H3,14,15,16,18). The summed E-state index contributed by atoms with van der Waals surface area (Å²) in [6, 6.07) is 2.50. The summed E-state index contributed by atoms with van der Waals surface area (Å²) < 4.78 is 5.49. The molecule has 7 nitrogen and oxygen atoms in total. The number of nitrogens with zero attached hydrogens (tertiary/aromatic N) is 2. The number of hydrogen-bond acceptors (Lipinski definition) is 6. The summed E-state index contributed by atoms with van der Waals surface area (Å²) >= 11 is 0. The Bertz CT molecular complexity index is 521. The summed E-state index contributed by atoms with van der Waals surface area (Å²) in [6.45, 7) is 2.96. The third kappa shape index (κ3) is 2.19. The number of nitrogens with one attached hydrogen (secondary N) is 1. The molecular formula is C12H18N5O2. The Morgan fingerprint density at radius 3 is 2.79 bits per heavy atom. The highest BCUT2D eigenvalue weighted by molar-refractivity contribution is 5.37. The molecule has 2 fully saturated rings. The number of H-pyrrole nitrogens is 1. The van der Waals surface area contributed by atoms with Crippen LogP contribution in [0, 0.1) is 11.5 Å². The molecule has 1 aromatic heterocycles. The highest BCUT2D eigenvalue weighted by Gasteiger charge is 2.44. The third-order valence-corrected chi connectivity index (χ3v) is 4.23. The van der Waals surface area contributed by atoms with Crippen molar-refractivity contribution in [2.24, 2.45) is 11.1 Å². The molecule has 1 radical (unpaired) electrons. The van der Waals surface area contributed by atoms with Crippen molar-refractivity contribution < 1.29 is 4.74 Å². The number of ether oxygens (including phenoxy) is 1. The summed E-state index contributed by atoms with van der Waals surface area (Å²) in [7, 11) is 0. The van der Waals surface area contributed by atoms with Crippen LogP contribution in [0.2, 0.25) is 0 Å². The molecule has 103 valence electrons. The van der Waals surface area contributed by atoms with E-state index in [1.165, 1.54) is 0 Å². The van der Waals surface area contributed by atoms with Crippen LogP contribution < -0.4 is 21.9 Å². The van der Waals surface area contributed by atoms with Gasteiger partial charge in [-0.2, -0.15) is 4.98 Å². The average molecular weight is 264 g/mol. The Balaban J connectivity index is 1.75. The van der Waals surface area contributed by atoms with Crippen molar-refractivity contribution in [1.82, 2.24) is 9.97 Å². The average Bonchev–Trinajstić information content (AvgIpc) is 2.71. The molecule has 0 aromatic carbocycles. The van der Waals surface area contributed by atoms with Crippen molar-refractivity contribution in [2.45, 2.75) is 18.9 Å². The molecule has 2 aliphatic heterocycles. The SMILES string of the molecule is Nc1[c]c(=O)[nH]c(N2CCC3(CC2)COCC3N)n1. The molecule has 19 heavy (non-hydrogen) atoms. The minimum Gasteiger partial charge on any atom is -0.383 e. The second kappa shape index (κ2) is 4.50. The van der Waals surface area contributed by atoms with Gasteiger partial charge in [0.25, 0.3) is 5.56 Å². The van der Waals surface area contributed by atoms with Crippen LogP contribution in [0.5, 0.6) is 0 Å². The molecule has 3 heterocycles. The Kier molecular flexibility index (Phi) is 2.94. The van der Waals surface area contributed by atoms with Gasteiger partial charge in [-0.1, -0.05) is 0 Å². The molecule has 3 rings (SSSR count). The lowest BCUT2D eigenvalue weighted by atomic mass is 9.75. The fraction of sp³-hybridized carbons (Fsp3) is 0.667. The minimum atomic E-state index is -0.344. The summed E-state index contributed by atoms with van der Waals surface area (Å²) in [4.78, 5) is 20.2. The number of nitrogen functional groups attached to an aromatic ring is 1. The van der Waals surface area contributed by atoms with Crippen LogP contribution in [0.1, 0.15) is 12.8 Å². The van der Waals surface area contributed by atoms with Gasteiger partial charge in [0.2, 0.25) is 5.95 Å². The lowest BCUT2D eigenvalue weighted by molar-refractivity contribution is 0.131. The Morgan fingerprint density at radius 1 is 1.47 bits per heavy atom. The van der Waals surface area contributed by atoms with E-state index >= 15 is 0 Å². The van der Waals surface area contributed by atoms with Crippen LogP contribution in [-0.2, 0) is 4.74 Å². The molecule has 1 spiro atoms. The van der Waals surface area contributed by atoms with E-state index in [0.29, 0.717) is 12.6 Å². The zero-order chi connectivity index (χ0) is 13.5. The molecule has 7 heteroatoms. The van der Waals surface area contributed by atoms with Crippen LogP contribution in [0.25, 0.3) is 0 Å². The van der Waals surface area contributed by atoms with Gasteiger partial charge in [-0.15, -0.1) is 0 Å². The van der Waals surface area contributed by atoms with E-state index in [1.54, 1.807) is 0 Å². The van der Waals surface area contributed by atoms with E-state index < -0.39 is 0 Å². The third-order valence-electron chi connectivity index (χ3n) is 4.23. The van der Waals surface area contributed by atoms with Crippen molar-refractivity contribution >= 4 is 11.8 Å². The van der Waals surface area contributed by atoms with Crippen molar-refractivity contribution in [3.8, 4) is 0 Å². The molecule has 2 saturated heterocycles. The molecule has 0 amide bonds. The van der Waals surface area contributed by atoms with Crippen LogP contribution in [0.4, 0.5) is 11.8 Å². The van der Waals surface area contributed by atoms with Gasteiger partial charge in [0, 0.05) is 24.5 Å². The normalized spacial score (nSPS) is 25.9. The quantitative estimate of drug-likeness (QED) is 0.606. The number of aromatic nitrogens is 2. The van der Waals surface area contributed by atoms with E-state index in [-0.39, 0.29) is 22.8 Å². The van der Waals surface area contributed by atoms with Crippen molar-refractivity contribution in [2.75, 3.05) is 36.9 Å². The molecule has 0 bridgehead atoms. The first-order valence-electron chi connectivity index (χ1n) is 6.46. The molecule has 2 aliphatic rings. The highest BCUT2D eigenvalue weighted by Crippen LogP contribution is 2.38. The van der Waals surface area contributed by atoms with Crippen molar-refractivity contribution in [3.05, 3.63) is 16.4 Å².